The topological polar surface area (TPSA) is 18.5 Å². The number of hydrogen-bond donors (Lipinski definition) is 0. The van der Waals surface area contributed by atoms with Gasteiger partial charge in [0.05, 0.1) is 6.10 Å². The summed E-state index contributed by atoms with van der Waals surface area (Å²) < 4.78 is 13.2. The predicted molar refractivity (Wildman–Crippen MR) is 132 cm³/mol. The van der Waals surface area contributed by atoms with Crippen molar-refractivity contribution in [2.24, 2.45) is 52.3 Å². The van der Waals surface area contributed by atoms with Crippen LogP contribution >= 0.6 is 0 Å². The van der Waals surface area contributed by atoms with Gasteiger partial charge in [-0.1, -0.05) is 59.6 Å². The average Bonchev–Trinajstić information content (AvgIpc) is 3.23. The molecule has 0 spiro atoms. The Morgan fingerprint density at radius 3 is 2.66 bits per heavy atom. The van der Waals surface area contributed by atoms with E-state index in [2.05, 4.69) is 47.6 Å². The molecule has 1 heterocycles. The molecule has 5 rings (SSSR count). The monoisotopic (exact) mass is 442 g/mol. The highest BCUT2D eigenvalue weighted by Crippen LogP contribution is 2.70. The predicted octanol–water partition coefficient (Wildman–Crippen LogP) is 8.02. The van der Waals surface area contributed by atoms with E-state index in [4.69, 9.17) is 9.47 Å². The van der Waals surface area contributed by atoms with Crippen molar-refractivity contribution < 1.29 is 9.47 Å². The average molecular weight is 443 g/mol. The Morgan fingerprint density at radius 2 is 1.94 bits per heavy atom. The molecule has 182 valence electrons. The Kier molecular flexibility index (Phi) is 5.93. The number of fused-ring (bicyclic) bond motifs is 7. The Morgan fingerprint density at radius 1 is 1.16 bits per heavy atom. The van der Waals surface area contributed by atoms with Crippen molar-refractivity contribution >= 4 is 0 Å². The molecule has 4 aliphatic carbocycles. The van der Waals surface area contributed by atoms with E-state index in [9.17, 15) is 0 Å². The molecule has 0 radical (unpaired) electrons. The zero-order valence-electron chi connectivity index (χ0n) is 22.1. The van der Waals surface area contributed by atoms with Gasteiger partial charge < -0.3 is 9.47 Å². The first-order valence-electron chi connectivity index (χ1n) is 14.1. The van der Waals surface area contributed by atoms with Gasteiger partial charge in [-0.25, -0.2) is 0 Å². The first kappa shape index (κ1) is 23.4. The number of methoxy groups -OCH3 is 1. The van der Waals surface area contributed by atoms with Gasteiger partial charge in [-0.05, 0) is 97.7 Å². The molecule has 32 heavy (non-hydrogen) atoms. The van der Waals surface area contributed by atoms with Crippen molar-refractivity contribution in [2.75, 3.05) is 7.11 Å². The third kappa shape index (κ3) is 3.24. The maximum Gasteiger partial charge on any atom is 0.171 e. The number of hydrogen-bond acceptors (Lipinski definition) is 2. The molecule has 0 N–H and O–H groups in total. The highest BCUT2D eigenvalue weighted by molar-refractivity contribution is 5.26. The van der Waals surface area contributed by atoms with Crippen LogP contribution in [-0.2, 0) is 9.47 Å². The maximum absolute atomic E-state index is 6.97. The molecule has 2 nitrogen and oxygen atoms in total. The normalized spacial score (nSPS) is 53.1. The number of allylic oxidation sites excluding steroid dienone is 2. The van der Waals surface area contributed by atoms with E-state index in [1.807, 2.05) is 12.7 Å². The lowest BCUT2D eigenvalue weighted by molar-refractivity contribution is -0.238. The molecule has 4 fully saturated rings. The summed E-state index contributed by atoms with van der Waals surface area (Å²) in [5, 5.41) is 0. The van der Waals surface area contributed by atoms with E-state index in [0.717, 1.165) is 36.0 Å². The molecule has 5 aliphatic rings. The summed E-state index contributed by atoms with van der Waals surface area (Å²) in [5.74, 6) is 5.04. The summed E-state index contributed by atoms with van der Waals surface area (Å²) in [6.45, 7) is 14.9. The Hall–Kier alpha value is -0.340. The zero-order valence-corrected chi connectivity index (χ0v) is 22.1. The van der Waals surface area contributed by atoms with Crippen LogP contribution < -0.4 is 0 Å². The first-order valence-corrected chi connectivity index (χ1v) is 14.1. The molecule has 0 aromatic heterocycles. The fourth-order valence-electron chi connectivity index (χ4n) is 9.80. The molecule has 0 aromatic rings. The summed E-state index contributed by atoms with van der Waals surface area (Å²) in [5.41, 5.74) is 2.73. The van der Waals surface area contributed by atoms with Crippen LogP contribution in [0, 0.1) is 52.3 Å². The lowest BCUT2D eigenvalue weighted by atomic mass is 9.46. The minimum Gasteiger partial charge on any atom is -0.353 e. The third-order valence-corrected chi connectivity index (χ3v) is 12.0. The molecular formula is C30H50O2. The molecule has 11 unspecified atom stereocenters. The van der Waals surface area contributed by atoms with Crippen molar-refractivity contribution in [3.05, 3.63) is 11.6 Å². The quantitative estimate of drug-likeness (QED) is 0.401. The van der Waals surface area contributed by atoms with Crippen LogP contribution in [0.5, 0.6) is 0 Å². The molecule has 0 amide bonds. The van der Waals surface area contributed by atoms with Crippen LogP contribution in [0.15, 0.2) is 11.6 Å². The Bertz CT molecular complexity index is 743. The number of rotatable bonds is 5. The van der Waals surface area contributed by atoms with Crippen molar-refractivity contribution in [1.82, 2.24) is 0 Å². The minimum absolute atomic E-state index is 0.352. The van der Waals surface area contributed by atoms with Gasteiger partial charge in [0.15, 0.2) is 5.79 Å². The van der Waals surface area contributed by atoms with E-state index in [-0.39, 0.29) is 5.79 Å². The van der Waals surface area contributed by atoms with Crippen LogP contribution in [0.1, 0.15) is 106 Å². The van der Waals surface area contributed by atoms with Gasteiger partial charge in [0, 0.05) is 19.4 Å². The van der Waals surface area contributed by atoms with Gasteiger partial charge in [0.25, 0.3) is 0 Å². The summed E-state index contributed by atoms with van der Waals surface area (Å²) in [7, 11) is 1.91. The van der Waals surface area contributed by atoms with E-state index in [1.54, 1.807) is 0 Å². The Balaban J connectivity index is 1.39. The van der Waals surface area contributed by atoms with E-state index >= 15 is 0 Å². The standard InChI is InChI=1S/C30H50O2/c1-8-19(2)12-16-30(31-7)21(4)27-26(32-30)18-25-23-10-9-22-17-20(3)11-14-28(22,5)24(23)13-15-29(25,27)6/h9,19-21,23-27H,8,10-18H2,1-7H3. The highest BCUT2D eigenvalue weighted by Gasteiger charge is 2.68. The summed E-state index contributed by atoms with van der Waals surface area (Å²) in [6.07, 6.45) is 16.3. The van der Waals surface area contributed by atoms with E-state index < -0.39 is 0 Å². The summed E-state index contributed by atoms with van der Waals surface area (Å²) in [6, 6.07) is 0. The Labute approximate surface area is 198 Å². The third-order valence-electron chi connectivity index (χ3n) is 12.0. The van der Waals surface area contributed by atoms with Crippen LogP contribution in [0.25, 0.3) is 0 Å². The largest absolute Gasteiger partial charge is 0.353 e. The molecule has 11 atom stereocenters. The number of ether oxygens (including phenoxy) is 2. The fraction of sp³-hybridized carbons (Fsp3) is 0.933. The lowest BCUT2D eigenvalue weighted by Gasteiger charge is -2.58. The van der Waals surface area contributed by atoms with Gasteiger partial charge in [-0.2, -0.15) is 0 Å². The minimum atomic E-state index is -0.352. The zero-order chi connectivity index (χ0) is 22.9. The molecule has 3 saturated carbocycles. The van der Waals surface area contributed by atoms with Crippen molar-refractivity contribution in [3.63, 3.8) is 0 Å². The fourth-order valence-corrected chi connectivity index (χ4v) is 9.80. The van der Waals surface area contributed by atoms with Gasteiger partial charge in [0.2, 0.25) is 0 Å². The lowest BCUT2D eigenvalue weighted by Crippen LogP contribution is -2.51. The van der Waals surface area contributed by atoms with Crippen LogP contribution in [0.4, 0.5) is 0 Å². The molecular weight excluding hydrogens is 392 g/mol. The van der Waals surface area contributed by atoms with Gasteiger partial charge in [-0.15, -0.1) is 0 Å². The SMILES string of the molecule is CCC(C)CCC1(OC)OC2CC3C4CC=C5CC(C)CCC5(C)C4CCC3(C)C2C1C. The van der Waals surface area contributed by atoms with E-state index in [1.165, 1.54) is 57.8 Å². The second-order valence-corrected chi connectivity index (χ2v) is 13.4. The smallest absolute Gasteiger partial charge is 0.171 e. The summed E-state index contributed by atoms with van der Waals surface area (Å²) >= 11 is 0. The molecule has 2 heteroatoms. The van der Waals surface area contributed by atoms with Gasteiger partial charge >= 0.3 is 0 Å². The molecule has 0 aromatic carbocycles. The van der Waals surface area contributed by atoms with Gasteiger partial charge in [0.1, 0.15) is 0 Å². The highest BCUT2D eigenvalue weighted by atomic mass is 16.7. The second kappa shape index (κ2) is 8.11. The van der Waals surface area contributed by atoms with E-state index in [0.29, 0.717) is 28.8 Å². The molecule has 1 saturated heterocycles. The van der Waals surface area contributed by atoms with Crippen LogP contribution in [-0.4, -0.2) is 19.0 Å². The maximum atomic E-state index is 6.97. The van der Waals surface area contributed by atoms with Crippen molar-refractivity contribution in [2.45, 2.75) is 118 Å². The van der Waals surface area contributed by atoms with Crippen molar-refractivity contribution in [3.8, 4) is 0 Å². The molecule has 0 bridgehead atoms. The summed E-state index contributed by atoms with van der Waals surface area (Å²) in [4.78, 5) is 0. The van der Waals surface area contributed by atoms with Crippen LogP contribution in [0.2, 0.25) is 0 Å². The molecule has 1 aliphatic heterocycles. The second-order valence-electron chi connectivity index (χ2n) is 13.4. The first-order chi connectivity index (χ1) is 15.2. The van der Waals surface area contributed by atoms with Crippen LogP contribution in [0.3, 0.4) is 0 Å². The van der Waals surface area contributed by atoms with Gasteiger partial charge in [-0.3, -0.25) is 0 Å². The van der Waals surface area contributed by atoms with Crippen molar-refractivity contribution in [1.29, 1.82) is 0 Å².